The lowest BCUT2D eigenvalue weighted by Gasteiger charge is -2.40. The van der Waals surface area contributed by atoms with Crippen molar-refractivity contribution in [1.29, 1.82) is 0 Å². The van der Waals surface area contributed by atoms with Crippen molar-refractivity contribution in [3.05, 3.63) is 30.3 Å². The number of para-hydroxylation sites is 1. The predicted molar refractivity (Wildman–Crippen MR) is 193 cm³/mol. The first kappa shape index (κ1) is 38.1. The SMILES string of the molecule is CCCN(NC(=O)[C@@H]1[C@@H]2[C@H](CN1C(=O)[C@@H](NC(=O)N[C@H](CN1C(=O)C3CCC(C3)C1=O)C(C)(C)C)C(C)(C)C)C2(C)C)C(=O)Nc1ccccc1. The molecule has 0 spiro atoms. The Morgan fingerprint density at radius 3 is 2.08 bits per heavy atom. The minimum Gasteiger partial charge on any atom is -0.333 e. The van der Waals surface area contributed by atoms with Crippen LogP contribution in [0.5, 0.6) is 0 Å². The van der Waals surface area contributed by atoms with Gasteiger partial charge in [0.2, 0.25) is 17.7 Å². The summed E-state index contributed by atoms with van der Waals surface area (Å²) in [5.41, 5.74) is 1.96. The molecule has 13 nitrogen and oxygen atoms in total. The number of hydrogen-bond acceptors (Lipinski definition) is 6. The highest BCUT2D eigenvalue weighted by Gasteiger charge is 2.70. The van der Waals surface area contributed by atoms with Crippen molar-refractivity contribution in [2.24, 2.45) is 39.9 Å². The third-order valence-corrected chi connectivity index (χ3v) is 11.5. The van der Waals surface area contributed by atoms with E-state index in [0.29, 0.717) is 37.9 Å². The van der Waals surface area contributed by atoms with Crippen LogP contribution in [-0.4, -0.2) is 88.3 Å². The van der Waals surface area contributed by atoms with Crippen LogP contribution in [0.3, 0.4) is 0 Å². The number of benzene rings is 1. The van der Waals surface area contributed by atoms with Crippen molar-refractivity contribution in [2.45, 2.75) is 106 Å². The molecule has 0 aromatic heterocycles. The molecule has 2 saturated carbocycles. The molecule has 2 aliphatic heterocycles. The normalized spacial score (nSPS) is 26.2. The number of likely N-dealkylation sites (tertiary alicyclic amines) is 2. The van der Waals surface area contributed by atoms with Crippen molar-refractivity contribution < 1.29 is 28.8 Å². The molecule has 0 radical (unpaired) electrons. The van der Waals surface area contributed by atoms with Gasteiger partial charge in [0.15, 0.2) is 0 Å². The van der Waals surface area contributed by atoms with Crippen molar-refractivity contribution in [2.75, 3.05) is 25.0 Å². The maximum atomic E-state index is 14.5. The molecule has 2 unspecified atom stereocenters. The van der Waals surface area contributed by atoms with E-state index in [1.807, 2.05) is 54.5 Å². The fourth-order valence-corrected chi connectivity index (χ4v) is 8.18. The number of urea groups is 2. The van der Waals surface area contributed by atoms with E-state index in [1.165, 1.54) is 9.91 Å². The smallest absolute Gasteiger partial charge is 0.333 e. The number of hydrogen-bond donors (Lipinski definition) is 4. The Morgan fingerprint density at radius 2 is 1.53 bits per heavy atom. The van der Waals surface area contributed by atoms with Crippen LogP contribution in [-0.2, 0) is 19.2 Å². The van der Waals surface area contributed by atoms with Crippen LogP contribution in [0.25, 0.3) is 0 Å². The topological polar surface area (TPSA) is 160 Å². The van der Waals surface area contributed by atoms with E-state index >= 15 is 0 Å². The number of hydrazine groups is 1. The van der Waals surface area contributed by atoms with E-state index in [2.05, 4.69) is 35.2 Å². The predicted octanol–water partition coefficient (Wildman–Crippen LogP) is 4.36. The lowest BCUT2D eigenvalue weighted by Crippen LogP contribution is -2.63. The van der Waals surface area contributed by atoms with Gasteiger partial charge in [-0.3, -0.25) is 29.5 Å². The molecule has 4 aliphatic rings. The molecule has 51 heavy (non-hydrogen) atoms. The Hall–Kier alpha value is -4.16. The fraction of sp³-hybridized carbons (Fsp3) is 0.684. The highest BCUT2D eigenvalue weighted by Crippen LogP contribution is 2.65. The quantitative estimate of drug-likeness (QED) is 0.221. The second-order valence-corrected chi connectivity index (χ2v) is 17.6. The molecular weight excluding hydrogens is 650 g/mol. The van der Waals surface area contributed by atoms with Crippen molar-refractivity contribution in [1.82, 2.24) is 30.9 Å². The molecule has 1 aromatic rings. The molecular formula is C38H57N7O6. The molecule has 13 heteroatoms. The number of amides is 8. The summed E-state index contributed by atoms with van der Waals surface area (Å²) in [7, 11) is 0. The second kappa shape index (κ2) is 14.1. The molecule has 2 aliphatic carbocycles. The van der Waals surface area contributed by atoms with E-state index in [9.17, 15) is 28.8 Å². The first-order valence-corrected chi connectivity index (χ1v) is 18.4. The maximum absolute atomic E-state index is 14.5. The molecule has 4 N–H and O–H groups in total. The average Bonchev–Trinajstić information content (AvgIpc) is 3.43. The van der Waals surface area contributed by atoms with Gasteiger partial charge < -0.3 is 20.9 Å². The van der Waals surface area contributed by atoms with Gasteiger partial charge in [0, 0.05) is 37.2 Å². The number of carbonyl (C=O) groups is 6. The molecule has 2 bridgehead atoms. The van der Waals surface area contributed by atoms with Crippen LogP contribution in [0, 0.1) is 39.9 Å². The maximum Gasteiger partial charge on any atom is 0.340 e. The highest BCUT2D eigenvalue weighted by molar-refractivity contribution is 6.01. The number of imide groups is 1. The second-order valence-electron chi connectivity index (χ2n) is 17.6. The van der Waals surface area contributed by atoms with Crippen LogP contribution in [0.4, 0.5) is 15.3 Å². The monoisotopic (exact) mass is 707 g/mol. The van der Waals surface area contributed by atoms with Gasteiger partial charge in [-0.25, -0.2) is 14.6 Å². The first-order chi connectivity index (χ1) is 23.7. The minimum atomic E-state index is -1.00. The summed E-state index contributed by atoms with van der Waals surface area (Å²) in [5.74, 6) is -1.53. The molecule has 7 atom stereocenters. The number of rotatable bonds is 9. The standard InChI is InChI=1S/C38H57N7O6/c1-10-18-45(35(51)39-24-14-12-11-13-15-24)42-30(46)28-27-25(38(27,8)9)20-43(28)33(49)29(37(5,6)7)41-34(50)40-26(36(2,3)4)21-44-31(47)22-16-17-23(19-22)32(44)48/h11-15,22-23,25-29H,10,16-21H2,1-9H3,(H,39,51)(H,42,46)(H2,40,41,50)/t22?,23?,25-,26+,27-,28-,29+/m0/s1. The first-order valence-electron chi connectivity index (χ1n) is 18.4. The van der Waals surface area contributed by atoms with E-state index in [0.717, 1.165) is 0 Å². The van der Waals surface area contributed by atoms with E-state index in [4.69, 9.17) is 0 Å². The Morgan fingerprint density at radius 1 is 0.922 bits per heavy atom. The summed E-state index contributed by atoms with van der Waals surface area (Å²) in [6, 6.07) is 5.46. The van der Waals surface area contributed by atoms with Crippen molar-refractivity contribution >= 4 is 41.4 Å². The zero-order chi connectivity index (χ0) is 37.6. The average molecular weight is 708 g/mol. The third-order valence-electron chi connectivity index (χ3n) is 11.5. The Kier molecular flexibility index (Phi) is 10.5. The van der Waals surface area contributed by atoms with Gasteiger partial charge >= 0.3 is 12.1 Å². The van der Waals surface area contributed by atoms with Crippen LogP contribution in [0.2, 0.25) is 0 Å². The van der Waals surface area contributed by atoms with Gasteiger partial charge in [0.1, 0.15) is 12.1 Å². The van der Waals surface area contributed by atoms with Gasteiger partial charge in [-0.2, -0.15) is 0 Å². The third kappa shape index (κ3) is 7.86. The zero-order valence-corrected chi connectivity index (χ0v) is 31.7. The van der Waals surface area contributed by atoms with Crippen LogP contribution >= 0.6 is 0 Å². The van der Waals surface area contributed by atoms with Crippen LogP contribution in [0.1, 0.15) is 88.0 Å². The molecule has 4 fully saturated rings. The summed E-state index contributed by atoms with van der Waals surface area (Å²) in [5, 5.41) is 9.96. The lowest BCUT2D eigenvalue weighted by atomic mass is 9.84. The number of fused-ring (bicyclic) bond motifs is 3. The van der Waals surface area contributed by atoms with Crippen LogP contribution in [0.15, 0.2) is 30.3 Å². The number of nitrogens with zero attached hydrogens (tertiary/aromatic N) is 3. The lowest BCUT2D eigenvalue weighted by molar-refractivity contribution is -0.153. The highest BCUT2D eigenvalue weighted by atomic mass is 16.2. The van der Waals surface area contributed by atoms with Crippen molar-refractivity contribution in [3.63, 3.8) is 0 Å². The van der Waals surface area contributed by atoms with Gasteiger partial charge in [-0.05, 0) is 65.9 Å². The Labute approximate surface area is 302 Å². The van der Waals surface area contributed by atoms with Gasteiger partial charge in [0.05, 0.1) is 6.04 Å². The molecule has 280 valence electrons. The summed E-state index contributed by atoms with van der Waals surface area (Å²) < 4.78 is 0. The summed E-state index contributed by atoms with van der Waals surface area (Å²) in [4.78, 5) is 84.7. The van der Waals surface area contributed by atoms with E-state index < -0.39 is 46.9 Å². The molecule has 5 rings (SSSR count). The largest absolute Gasteiger partial charge is 0.340 e. The molecule has 1 aromatic carbocycles. The number of piperidine rings is 2. The zero-order valence-electron chi connectivity index (χ0n) is 31.7. The molecule has 2 saturated heterocycles. The summed E-state index contributed by atoms with van der Waals surface area (Å²) >= 11 is 0. The van der Waals surface area contributed by atoms with Gasteiger partial charge in [0.25, 0.3) is 5.91 Å². The van der Waals surface area contributed by atoms with E-state index in [1.54, 1.807) is 29.2 Å². The Bertz CT molecular complexity index is 1510. The number of nitrogens with one attached hydrogen (secondary N) is 4. The summed E-state index contributed by atoms with van der Waals surface area (Å²) in [6.07, 6.45) is 2.61. The molecule has 8 amide bonds. The Balaban J connectivity index is 1.31. The molecule has 2 heterocycles. The van der Waals surface area contributed by atoms with Gasteiger partial charge in [-0.1, -0.05) is 80.5 Å². The summed E-state index contributed by atoms with van der Waals surface area (Å²) in [6.45, 7) is 18.1. The van der Waals surface area contributed by atoms with Crippen LogP contribution < -0.4 is 21.4 Å². The van der Waals surface area contributed by atoms with Crippen molar-refractivity contribution in [3.8, 4) is 0 Å². The minimum absolute atomic E-state index is 0.0502. The fourth-order valence-electron chi connectivity index (χ4n) is 8.18. The van der Waals surface area contributed by atoms with E-state index in [-0.39, 0.29) is 59.9 Å². The number of carbonyl (C=O) groups excluding carboxylic acids is 6. The van der Waals surface area contributed by atoms with Gasteiger partial charge in [-0.15, -0.1) is 0 Å². The number of anilines is 1.